The zero-order valence-electron chi connectivity index (χ0n) is 11.8. The van der Waals surface area contributed by atoms with E-state index >= 15 is 0 Å². The van der Waals surface area contributed by atoms with Gasteiger partial charge in [-0.1, -0.05) is 32.4 Å². The van der Waals surface area contributed by atoms with E-state index in [1.165, 1.54) is 0 Å². The fourth-order valence-electron chi connectivity index (χ4n) is 1.81. The molecule has 0 aromatic carbocycles. The fourth-order valence-corrected chi connectivity index (χ4v) is 2.00. The summed E-state index contributed by atoms with van der Waals surface area (Å²) in [5, 5.41) is 9.57. The molecule has 2 aromatic rings. The summed E-state index contributed by atoms with van der Waals surface area (Å²) in [5.41, 5.74) is 1.51. The van der Waals surface area contributed by atoms with Gasteiger partial charge in [0.05, 0.1) is 5.69 Å². The summed E-state index contributed by atoms with van der Waals surface area (Å²) in [4.78, 5) is 22.7. The summed E-state index contributed by atoms with van der Waals surface area (Å²) >= 11 is 6.08. The molecule has 5 nitrogen and oxygen atoms in total. The van der Waals surface area contributed by atoms with E-state index in [0.717, 1.165) is 5.56 Å². The van der Waals surface area contributed by atoms with Crippen LogP contribution >= 0.6 is 11.6 Å². The molecule has 0 unspecified atom stereocenters. The van der Waals surface area contributed by atoms with Crippen molar-refractivity contribution in [3.63, 3.8) is 0 Å². The molecule has 0 bridgehead atoms. The number of carbonyl (C=O) groups is 1. The highest BCUT2D eigenvalue weighted by Crippen LogP contribution is 2.31. The molecule has 0 atom stereocenters. The number of carboxylic acid groups (broad SMARTS) is 1. The van der Waals surface area contributed by atoms with Gasteiger partial charge in [-0.3, -0.25) is 0 Å². The molecule has 2 heterocycles. The zero-order chi connectivity index (χ0) is 15.1. The summed E-state index contributed by atoms with van der Waals surface area (Å²) in [5.74, 6) is -0.494. The van der Waals surface area contributed by atoms with Crippen LogP contribution in [0.2, 0.25) is 5.15 Å². The maximum absolute atomic E-state index is 11.4. The van der Waals surface area contributed by atoms with Gasteiger partial charge in [-0.15, -0.1) is 0 Å². The van der Waals surface area contributed by atoms with Gasteiger partial charge < -0.3 is 10.1 Å². The van der Waals surface area contributed by atoms with Crippen molar-refractivity contribution in [3.05, 3.63) is 34.5 Å². The topological polar surface area (TPSA) is 78.9 Å². The average molecular weight is 294 g/mol. The first-order valence-corrected chi connectivity index (χ1v) is 6.54. The molecular weight excluding hydrogens is 278 g/mol. The molecule has 0 aliphatic rings. The molecule has 0 aliphatic heterocycles. The summed E-state index contributed by atoms with van der Waals surface area (Å²) in [7, 11) is 0. The Morgan fingerprint density at radius 1 is 1.40 bits per heavy atom. The standard InChI is InChI=1S/C14H16ClN3O2/c1-7-5-8(11(15)16-6-7)9-10(12(19)20)18-13(17-9)14(2,3)4/h5-6H,1-4H3,(H,17,18)(H,19,20). The highest BCUT2D eigenvalue weighted by atomic mass is 35.5. The maximum atomic E-state index is 11.4. The number of aromatic nitrogens is 3. The number of hydrogen-bond acceptors (Lipinski definition) is 3. The molecule has 0 spiro atoms. The number of hydrogen-bond donors (Lipinski definition) is 2. The quantitative estimate of drug-likeness (QED) is 0.831. The monoisotopic (exact) mass is 293 g/mol. The van der Waals surface area contributed by atoms with E-state index in [-0.39, 0.29) is 16.3 Å². The van der Waals surface area contributed by atoms with Crippen molar-refractivity contribution in [1.29, 1.82) is 0 Å². The van der Waals surface area contributed by atoms with Crippen LogP contribution in [-0.4, -0.2) is 26.0 Å². The molecule has 0 radical (unpaired) electrons. The highest BCUT2D eigenvalue weighted by Gasteiger charge is 2.25. The first-order chi connectivity index (χ1) is 9.20. The minimum atomic E-state index is -1.09. The Morgan fingerprint density at radius 3 is 2.60 bits per heavy atom. The van der Waals surface area contributed by atoms with Gasteiger partial charge in [0.15, 0.2) is 5.69 Å². The summed E-state index contributed by atoms with van der Waals surface area (Å²) < 4.78 is 0. The number of nitrogens with zero attached hydrogens (tertiary/aromatic N) is 2. The third kappa shape index (κ3) is 2.67. The number of pyridine rings is 1. The Morgan fingerprint density at radius 2 is 2.05 bits per heavy atom. The average Bonchev–Trinajstić information content (AvgIpc) is 2.77. The SMILES string of the molecule is Cc1cnc(Cl)c(-c2[nH]c(C(C)(C)C)nc2C(=O)O)c1. The molecule has 2 rings (SSSR count). The lowest BCUT2D eigenvalue weighted by Gasteiger charge is -2.14. The van der Waals surface area contributed by atoms with Crippen molar-refractivity contribution < 1.29 is 9.90 Å². The van der Waals surface area contributed by atoms with E-state index < -0.39 is 5.97 Å². The number of rotatable bonds is 2. The smallest absolute Gasteiger partial charge is 0.356 e. The van der Waals surface area contributed by atoms with Crippen LogP contribution in [0.4, 0.5) is 0 Å². The number of halogens is 1. The maximum Gasteiger partial charge on any atom is 0.356 e. The highest BCUT2D eigenvalue weighted by molar-refractivity contribution is 6.32. The lowest BCUT2D eigenvalue weighted by atomic mass is 9.96. The van der Waals surface area contributed by atoms with Crippen LogP contribution < -0.4 is 0 Å². The summed E-state index contributed by atoms with van der Waals surface area (Å²) in [6, 6.07) is 1.79. The van der Waals surface area contributed by atoms with Crippen LogP contribution in [0.25, 0.3) is 11.3 Å². The number of aromatic carboxylic acids is 1. The Bertz CT molecular complexity index is 672. The zero-order valence-corrected chi connectivity index (χ0v) is 12.5. The fraction of sp³-hybridized carbons (Fsp3) is 0.357. The van der Waals surface area contributed by atoms with Crippen LogP contribution in [-0.2, 0) is 5.41 Å². The molecule has 20 heavy (non-hydrogen) atoms. The van der Waals surface area contributed by atoms with Gasteiger partial charge in [0, 0.05) is 17.2 Å². The van der Waals surface area contributed by atoms with Gasteiger partial charge in [0.25, 0.3) is 0 Å². The molecule has 0 aliphatic carbocycles. The predicted octanol–water partition coefficient (Wildman–Crippen LogP) is 3.43. The second-order valence-corrected chi connectivity index (χ2v) is 6.07. The Labute approximate surface area is 122 Å². The van der Waals surface area contributed by atoms with E-state index in [0.29, 0.717) is 17.1 Å². The third-order valence-corrected chi connectivity index (χ3v) is 3.16. The second-order valence-electron chi connectivity index (χ2n) is 5.72. The van der Waals surface area contributed by atoms with Crippen molar-refractivity contribution in [2.45, 2.75) is 33.1 Å². The van der Waals surface area contributed by atoms with Crippen LogP contribution in [0.5, 0.6) is 0 Å². The minimum Gasteiger partial charge on any atom is -0.476 e. The summed E-state index contributed by atoms with van der Waals surface area (Å²) in [6.45, 7) is 7.74. The number of aromatic amines is 1. The normalized spacial score (nSPS) is 11.7. The number of imidazole rings is 1. The van der Waals surface area contributed by atoms with Crippen molar-refractivity contribution >= 4 is 17.6 Å². The number of carboxylic acids is 1. The minimum absolute atomic E-state index is 0.0378. The van der Waals surface area contributed by atoms with Crippen LogP contribution in [0.1, 0.15) is 42.6 Å². The lowest BCUT2D eigenvalue weighted by Crippen LogP contribution is -2.13. The van der Waals surface area contributed by atoms with Gasteiger partial charge >= 0.3 is 5.97 Å². The molecule has 0 fully saturated rings. The molecule has 6 heteroatoms. The molecule has 106 valence electrons. The van der Waals surface area contributed by atoms with Crippen LogP contribution in [0, 0.1) is 6.92 Å². The van der Waals surface area contributed by atoms with Crippen molar-refractivity contribution in [3.8, 4) is 11.3 Å². The van der Waals surface area contributed by atoms with Gasteiger partial charge in [-0.2, -0.15) is 0 Å². The number of H-pyrrole nitrogens is 1. The van der Waals surface area contributed by atoms with Gasteiger partial charge in [-0.25, -0.2) is 14.8 Å². The number of nitrogens with one attached hydrogen (secondary N) is 1. The Kier molecular flexibility index (Phi) is 3.56. The van der Waals surface area contributed by atoms with Gasteiger partial charge in [0.1, 0.15) is 11.0 Å². The van der Waals surface area contributed by atoms with Crippen LogP contribution in [0.15, 0.2) is 12.3 Å². The lowest BCUT2D eigenvalue weighted by molar-refractivity contribution is 0.0692. The molecule has 2 aromatic heterocycles. The largest absolute Gasteiger partial charge is 0.476 e. The molecular formula is C14H16ClN3O2. The van der Waals surface area contributed by atoms with E-state index in [1.807, 2.05) is 27.7 Å². The molecule has 0 saturated carbocycles. The first-order valence-electron chi connectivity index (χ1n) is 6.16. The molecule has 2 N–H and O–H groups in total. The second kappa shape index (κ2) is 4.90. The van der Waals surface area contributed by atoms with Crippen molar-refractivity contribution in [1.82, 2.24) is 15.0 Å². The van der Waals surface area contributed by atoms with E-state index in [1.54, 1.807) is 12.3 Å². The Hall–Kier alpha value is -1.88. The van der Waals surface area contributed by atoms with Gasteiger partial charge in [0.2, 0.25) is 0 Å². The van der Waals surface area contributed by atoms with Crippen molar-refractivity contribution in [2.75, 3.05) is 0 Å². The van der Waals surface area contributed by atoms with E-state index in [2.05, 4.69) is 15.0 Å². The molecule has 0 amide bonds. The summed E-state index contributed by atoms with van der Waals surface area (Å²) in [6.07, 6.45) is 1.63. The van der Waals surface area contributed by atoms with E-state index in [9.17, 15) is 9.90 Å². The number of aryl methyl sites for hydroxylation is 1. The predicted molar refractivity (Wildman–Crippen MR) is 77.2 cm³/mol. The van der Waals surface area contributed by atoms with E-state index in [4.69, 9.17) is 11.6 Å². The Balaban J connectivity index is 2.69. The van der Waals surface area contributed by atoms with Gasteiger partial charge in [-0.05, 0) is 18.6 Å². The van der Waals surface area contributed by atoms with Crippen LogP contribution in [0.3, 0.4) is 0 Å². The molecule has 0 saturated heterocycles. The van der Waals surface area contributed by atoms with Crippen molar-refractivity contribution in [2.24, 2.45) is 0 Å². The third-order valence-electron chi connectivity index (χ3n) is 2.86. The first kappa shape index (κ1) is 14.5.